The minimum atomic E-state index is 0.120. The lowest BCUT2D eigenvalue weighted by Gasteiger charge is -2.38. The standard InChI is InChI=1S/C16H16N6OS/c23-16(10-1-4-14-15(7-10)19-24-18-14)22-11-2-3-12(22)9-13(8-11)21-6-5-17-20-21/h1,4-7,11-13H,2-3,8-9H2. The van der Waals surface area contributed by atoms with Crippen LogP contribution in [-0.4, -0.2) is 46.6 Å². The van der Waals surface area contributed by atoms with Gasteiger partial charge in [-0.3, -0.25) is 4.79 Å². The number of nitrogens with zero attached hydrogens (tertiary/aromatic N) is 6. The molecule has 0 N–H and O–H groups in total. The molecule has 7 nitrogen and oxygen atoms in total. The van der Waals surface area contributed by atoms with Gasteiger partial charge >= 0.3 is 0 Å². The third-order valence-corrected chi connectivity index (χ3v) is 5.82. The first-order chi connectivity index (χ1) is 11.8. The molecule has 122 valence electrons. The zero-order chi connectivity index (χ0) is 16.1. The molecule has 2 unspecified atom stereocenters. The fourth-order valence-electron chi connectivity index (χ4n) is 4.17. The van der Waals surface area contributed by atoms with Gasteiger partial charge in [0.25, 0.3) is 5.91 Å². The van der Waals surface area contributed by atoms with Crippen LogP contribution < -0.4 is 0 Å². The first kappa shape index (κ1) is 14.0. The van der Waals surface area contributed by atoms with Crippen molar-refractivity contribution in [2.24, 2.45) is 0 Å². The lowest BCUT2D eigenvalue weighted by atomic mass is 9.96. The predicted molar refractivity (Wildman–Crippen MR) is 88.7 cm³/mol. The van der Waals surface area contributed by atoms with Gasteiger partial charge in [0.05, 0.1) is 24.0 Å². The first-order valence-electron chi connectivity index (χ1n) is 8.20. The van der Waals surface area contributed by atoms with Gasteiger partial charge in [0.1, 0.15) is 11.0 Å². The Morgan fingerprint density at radius 1 is 1.08 bits per heavy atom. The molecule has 0 radical (unpaired) electrons. The smallest absolute Gasteiger partial charge is 0.254 e. The molecular weight excluding hydrogens is 324 g/mol. The molecular formula is C16H16N6OS. The molecule has 2 atom stereocenters. The largest absolute Gasteiger partial charge is 0.333 e. The first-order valence-corrected chi connectivity index (χ1v) is 8.93. The van der Waals surface area contributed by atoms with Gasteiger partial charge in [-0.25, -0.2) is 4.68 Å². The molecule has 1 amide bonds. The number of fused-ring (bicyclic) bond motifs is 3. The van der Waals surface area contributed by atoms with E-state index in [4.69, 9.17) is 0 Å². The second kappa shape index (κ2) is 5.34. The van der Waals surface area contributed by atoms with Gasteiger partial charge in [0, 0.05) is 23.8 Å². The molecule has 2 fully saturated rings. The van der Waals surface area contributed by atoms with Crippen LogP contribution in [0.2, 0.25) is 0 Å². The van der Waals surface area contributed by atoms with Gasteiger partial charge < -0.3 is 4.90 Å². The summed E-state index contributed by atoms with van der Waals surface area (Å²) in [5.41, 5.74) is 2.37. The summed E-state index contributed by atoms with van der Waals surface area (Å²) in [6, 6.07) is 6.54. The number of piperidine rings is 1. The number of hydrogen-bond donors (Lipinski definition) is 0. The topological polar surface area (TPSA) is 76.8 Å². The predicted octanol–water partition coefficient (Wildman–Crippen LogP) is 2.29. The summed E-state index contributed by atoms with van der Waals surface area (Å²) in [4.78, 5) is 15.2. The molecule has 0 aliphatic carbocycles. The average Bonchev–Trinajstić information content (AvgIpc) is 3.33. The Kier molecular flexibility index (Phi) is 3.12. The van der Waals surface area contributed by atoms with E-state index in [2.05, 4.69) is 24.0 Å². The van der Waals surface area contributed by atoms with E-state index < -0.39 is 0 Å². The van der Waals surface area contributed by atoms with Gasteiger partial charge in [-0.05, 0) is 43.9 Å². The van der Waals surface area contributed by atoms with E-state index >= 15 is 0 Å². The SMILES string of the molecule is O=C(c1ccc2nsnc2c1)N1C2CCC1CC(n1ccnn1)C2. The Balaban J connectivity index is 1.42. The van der Waals surface area contributed by atoms with Crippen LogP contribution in [0.15, 0.2) is 30.6 Å². The van der Waals surface area contributed by atoms with E-state index in [0.717, 1.165) is 36.7 Å². The van der Waals surface area contributed by atoms with Crippen LogP contribution in [0.3, 0.4) is 0 Å². The Bertz CT molecular complexity index is 877. The van der Waals surface area contributed by atoms with Crippen molar-refractivity contribution in [2.75, 3.05) is 0 Å². The molecule has 8 heteroatoms. The number of carbonyl (C=O) groups excluding carboxylic acids is 1. The molecule has 2 aliphatic rings. The third kappa shape index (κ3) is 2.13. The van der Waals surface area contributed by atoms with E-state index in [9.17, 15) is 4.79 Å². The van der Waals surface area contributed by atoms with Crippen LogP contribution in [-0.2, 0) is 0 Å². The van der Waals surface area contributed by atoms with E-state index in [-0.39, 0.29) is 18.0 Å². The van der Waals surface area contributed by atoms with Gasteiger partial charge in [0.15, 0.2) is 0 Å². The second-order valence-electron chi connectivity index (χ2n) is 6.57. The maximum absolute atomic E-state index is 13.1. The molecule has 24 heavy (non-hydrogen) atoms. The second-order valence-corrected chi connectivity index (χ2v) is 7.10. The van der Waals surface area contributed by atoms with Gasteiger partial charge in [-0.15, -0.1) is 5.10 Å². The maximum atomic E-state index is 13.1. The van der Waals surface area contributed by atoms with Gasteiger partial charge in [-0.2, -0.15) is 8.75 Å². The van der Waals surface area contributed by atoms with E-state index in [1.807, 2.05) is 29.1 Å². The molecule has 2 bridgehead atoms. The van der Waals surface area contributed by atoms with Gasteiger partial charge in [0.2, 0.25) is 0 Å². The number of carbonyl (C=O) groups is 1. The summed E-state index contributed by atoms with van der Waals surface area (Å²) in [7, 11) is 0. The van der Waals surface area contributed by atoms with Gasteiger partial charge in [-0.1, -0.05) is 5.21 Å². The number of benzene rings is 1. The van der Waals surface area contributed by atoms with Crippen molar-refractivity contribution in [2.45, 2.75) is 43.8 Å². The molecule has 0 saturated carbocycles. The Morgan fingerprint density at radius 2 is 1.88 bits per heavy atom. The summed E-state index contributed by atoms with van der Waals surface area (Å²) in [5.74, 6) is 0.120. The molecule has 2 aromatic heterocycles. The lowest BCUT2D eigenvalue weighted by Crippen LogP contribution is -2.47. The highest BCUT2D eigenvalue weighted by molar-refractivity contribution is 7.00. The molecule has 2 saturated heterocycles. The fourth-order valence-corrected chi connectivity index (χ4v) is 4.69. The van der Waals surface area contributed by atoms with Crippen molar-refractivity contribution >= 4 is 28.7 Å². The van der Waals surface area contributed by atoms with Crippen LogP contribution in [0.4, 0.5) is 0 Å². The summed E-state index contributed by atoms with van der Waals surface area (Å²) in [6.45, 7) is 0. The monoisotopic (exact) mass is 340 g/mol. The lowest BCUT2D eigenvalue weighted by molar-refractivity contribution is 0.0523. The number of hydrogen-bond acceptors (Lipinski definition) is 6. The normalized spacial score (nSPS) is 26.2. The zero-order valence-electron chi connectivity index (χ0n) is 12.9. The number of amides is 1. The van der Waals surface area contributed by atoms with Crippen molar-refractivity contribution in [1.29, 1.82) is 0 Å². The van der Waals surface area contributed by atoms with Crippen molar-refractivity contribution in [3.63, 3.8) is 0 Å². The number of rotatable bonds is 2. The van der Waals surface area contributed by atoms with E-state index in [1.165, 1.54) is 11.7 Å². The van der Waals surface area contributed by atoms with Crippen molar-refractivity contribution in [1.82, 2.24) is 28.6 Å². The summed E-state index contributed by atoms with van der Waals surface area (Å²) < 4.78 is 10.4. The highest BCUT2D eigenvalue weighted by Gasteiger charge is 2.44. The highest BCUT2D eigenvalue weighted by Crippen LogP contribution is 2.41. The van der Waals surface area contributed by atoms with Crippen molar-refractivity contribution in [3.05, 3.63) is 36.2 Å². The van der Waals surface area contributed by atoms with Crippen molar-refractivity contribution in [3.8, 4) is 0 Å². The van der Waals surface area contributed by atoms with Crippen LogP contribution in [0.1, 0.15) is 42.1 Å². The van der Waals surface area contributed by atoms with Crippen molar-refractivity contribution < 1.29 is 4.79 Å². The summed E-state index contributed by atoms with van der Waals surface area (Å²) >= 11 is 1.18. The van der Waals surface area contributed by atoms with E-state index in [1.54, 1.807) is 6.20 Å². The summed E-state index contributed by atoms with van der Waals surface area (Å²) in [6.07, 6.45) is 7.68. The molecule has 3 aromatic rings. The fraction of sp³-hybridized carbons (Fsp3) is 0.438. The summed E-state index contributed by atoms with van der Waals surface area (Å²) in [5, 5.41) is 8.06. The zero-order valence-corrected chi connectivity index (χ0v) is 13.8. The Labute approximate surface area is 142 Å². The number of aromatic nitrogens is 5. The van der Waals surface area contributed by atoms with Crippen LogP contribution in [0.5, 0.6) is 0 Å². The quantitative estimate of drug-likeness (QED) is 0.715. The molecule has 2 aliphatic heterocycles. The van der Waals surface area contributed by atoms with Crippen LogP contribution in [0, 0.1) is 0 Å². The minimum absolute atomic E-state index is 0.120. The van der Waals surface area contributed by atoms with E-state index in [0.29, 0.717) is 11.6 Å². The van der Waals surface area contributed by atoms with Crippen LogP contribution >= 0.6 is 11.7 Å². The van der Waals surface area contributed by atoms with Crippen LogP contribution in [0.25, 0.3) is 11.0 Å². The average molecular weight is 340 g/mol. The minimum Gasteiger partial charge on any atom is -0.333 e. The molecule has 5 rings (SSSR count). The molecule has 0 spiro atoms. The molecule has 4 heterocycles. The Morgan fingerprint density at radius 3 is 2.62 bits per heavy atom. The molecule has 1 aromatic carbocycles. The third-order valence-electron chi connectivity index (χ3n) is 5.26. The maximum Gasteiger partial charge on any atom is 0.254 e. The highest BCUT2D eigenvalue weighted by atomic mass is 32.1. The Hall–Kier alpha value is -2.35.